The number of anilines is 3. The lowest BCUT2D eigenvalue weighted by atomic mass is 10.2. The minimum Gasteiger partial charge on any atom is -0.395 e. The number of sulfonamides is 1. The molecular formula is C15H18BrN5O3S. The molecule has 4 N–H and O–H groups in total. The van der Waals surface area contributed by atoms with Crippen LogP contribution in [0.3, 0.4) is 0 Å². The highest BCUT2D eigenvalue weighted by atomic mass is 79.9. The predicted molar refractivity (Wildman–Crippen MR) is 98.4 cm³/mol. The first-order valence-electron chi connectivity index (χ1n) is 7.74. The van der Waals surface area contributed by atoms with Crippen LogP contribution in [0.15, 0.2) is 39.8 Å². The summed E-state index contributed by atoms with van der Waals surface area (Å²) in [4.78, 5) is 8.69. The molecule has 25 heavy (non-hydrogen) atoms. The van der Waals surface area contributed by atoms with E-state index in [0.29, 0.717) is 36.8 Å². The highest BCUT2D eigenvalue weighted by molar-refractivity contribution is 9.10. The number of benzene rings is 1. The fraction of sp³-hybridized carbons (Fsp3) is 0.333. The van der Waals surface area contributed by atoms with E-state index in [1.807, 2.05) is 0 Å². The predicted octanol–water partition coefficient (Wildman–Crippen LogP) is 1.83. The molecule has 2 heterocycles. The molecule has 1 aromatic carbocycles. The van der Waals surface area contributed by atoms with Gasteiger partial charge in [-0.1, -0.05) is 6.07 Å². The number of rotatable bonds is 1. The number of hydrogen-bond acceptors (Lipinski definition) is 7. The van der Waals surface area contributed by atoms with Gasteiger partial charge in [0.1, 0.15) is 5.82 Å². The molecule has 1 aliphatic heterocycles. The van der Waals surface area contributed by atoms with Crippen molar-refractivity contribution in [1.82, 2.24) is 14.7 Å². The quantitative estimate of drug-likeness (QED) is 0.548. The van der Waals surface area contributed by atoms with E-state index in [1.165, 1.54) is 12.1 Å². The number of hydrogen-bond donors (Lipinski definition) is 4. The molecule has 0 aliphatic carbocycles. The van der Waals surface area contributed by atoms with Gasteiger partial charge in [0, 0.05) is 24.5 Å². The Balaban J connectivity index is 2.00. The standard InChI is InChI=1S/C15H18BrN5O3S/c16-13-8-18-15-19-10-3-1-5-12(7-10)25(23,24)21-11(9-22)4-2-6-17-14(13)20-15/h1,3,5,7-8,11,21-22H,2,4,6,9H2,(H2,17,18,19,20). The highest BCUT2D eigenvalue weighted by Gasteiger charge is 2.20. The van der Waals surface area contributed by atoms with Crippen LogP contribution in [0.1, 0.15) is 12.8 Å². The summed E-state index contributed by atoms with van der Waals surface area (Å²) >= 11 is 3.40. The lowest BCUT2D eigenvalue weighted by molar-refractivity contribution is 0.249. The second-order valence-corrected chi connectivity index (χ2v) is 8.18. The van der Waals surface area contributed by atoms with Gasteiger partial charge in [-0.2, -0.15) is 4.98 Å². The maximum absolute atomic E-state index is 12.5. The Morgan fingerprint density at radius 1 is 1.36 bits per heavy atom. The molecular weight excluding hydrogens is 410 g/mol. The van der Waals surface area contributed by atoms with Crippen molar-refractivity contribution in [3.8, 4) is 0 Å². The lowest BCUT2D eigenvalue weighted by Gasteiger charge is -2.18. The van der Waals surface area contributed by atoms with Crippen LogP contribution in [0.25, 0.3) is 0 Å². The molecule has 3 rings (SSSR count). The molecule has 0 saturated heterocycles. The van der Waals surface area contributed by atoms with Crippen molar-refractivity contribution in [3.05, 3.63) is 34.9 Å². The smallest absolute Gasteiger partial charge is 0.240 e. The molecule has 8 nitrogen and oxygen atoms in total. The summed E-state index contributed by atoms with van der Waals surface area (Å²) in [6.45, 7) is 0.317. The summed E-state index contributed by atoms with van der Waals surface area (Å²) in [6, 6.07) is 5.82. The van der Waals surface area contributed by atoms with Gasteiger partial charge < -0.3 is 15.7 Å². The van der Waals surface area contributed by atoms with E-state index >= 15 is 0 Å². The normalized spacial score (nSPS) is 20.0. The number of nitrogens with one attached hydrogen (secondary N) is 3. The van der Waals surface area contributed by atoms with Crippen LogP contribution in [-0.2, 0) is 10.0 Å². The summed E-state index contributed by atoms with van der Waals surface area (Å²) in [5.41, 5.74) is 0.550. The van der Waals surface area contributed by atoms with Gasteiger partial charge >= 0.3 is 0 Å². The molecule has 0 fully saturated rings. The zero-order valence-corrected chi connectivity index (χ0v) is 15.6. The van der Waals surface area contributed by atoms with Crippen LogP contribution in [0, 0.1) is 0 Å². The number of halogens is 1. The maximum Gasteiger partial charge on any atom is 0.240 e. The highest BCUT2D eigenvalue weighted by Crippen LogP contribution is 2.24. The third-order valence-corrected chi connectivity index (χ3v) is 5.81. The number of fused-ring (bicyclic) bond motifs is 4. The zero-order chi connectivity index (χ0) is 17.9. The number of aliphatic hydroxyl groups is 1. The average molecular weight is 428 g/mol. The van der Waals surface area contributed by atoms with E-state index in [-0.39, 0.29) is 11.5 Å². The van der Waals surface area contributed by atoms with Gasteiger partial charge in [0.2, 0.25) is 16.0 Å². The lowest BCUT2D eigenvalue weighted by Crippen LogP contribution is -2.37. The first-order chi connectivity index (χ1) is 12.0. The van der Waals surface area contributed by atoms with Crippen LogP contribution < -0.4 is 15.4 Å². The van der Waals surface area contributed by atoms with Crippen molar-refractivity contribution in [2.45, 2.75) is 23.8 Å². The van der Waals surface area contributed by atoms with Crippen LogP contribution in [0.5, 0.6) is 0 Å². The molecule has 1 aromatic heterocycles. The Morgan fingerprint density at radius 3 is 3.00 bits per heavy atom. The molecule has 0 radical (unpaired) electrons. The Hall–Kier alpha value is -1.75. The second kappa shape index (κ2) is 7.65. The summed E-state index contributed by atoms with van der Waals surface area (Å²) < 4.78 is 28.3. The maximum atomic E-state index is 12.5. The monoisotopic (exact) mass is 427 g/mol. The first kappa shape index (κ1) is 18.1. The van der Waals surface area contributed by atoms with Crippen LogP contribution in [0.2, 0.25) is 0 Å². The number of nitrogens with zero attached hydrogens (tertiary/aromatic N) is 2. The van der Waals surface area contributed by atoms with Gasteiger partial charge in [-0.05, 0) is 47.0 Å². The third-order valence-electron chi connectivity index (χ3n) is 3.71. The SMILES string of the molecule is O=S1(=O)NC(CO)CCCNc2nc(ncc2Br)Nc2cccc1c2. The molecule has 1 unspecified atom stereocenters. The average Bonchev–Trinajstić information content (AvgIpc) is 2.59. The molecule has 0 saturated carbocycles. The van der Waals surface area contributed by atoms with Gasteiger partial charge in [-0.25, -0.2) is 18.1 Å². The van der Waals surface area contributed by atoms with Crippen molar-refractivity contribution in [3.63, 3.8) is 0 Å². The molecule has 1 aliphatic rings. The van der Waals surface area contributed by atoms with Crippen molar-refractivity contribution >= 4 is 43.4 Å². The fourth-order valence-electron chi connectivity index (χ4n) is 2.45. The van der Waals surface area contributed by atoms with Gasteiger partial charge in [0.15, 0.2) is 0 Å². The van der Waals surface area contributed by atoms with E-state index in [1.54, 1.807) is 18.3 Å². The van der Waals surface area contributed by atoms with Gasteiger partial charge in [0.05, 0.1) is 16.0 Å². The number of aliphatic hydroxyl groups excluding tert-OH is 1. The van der Waals surface area contributed by atoms with Crippen molar-refractivity contribution < 1.29 is 13.5 Å². The summed E-state index contributed by atoms with van der Waals surface area (Å²) in [7, 11) is -3.73. The van der Waals surface area contributed by atoms with Gasteiger partial charge in [0.25, 0.3) is 0 Å². The molecule has 2 aromatic rings. The minimum atomic E-state index is -3.73. The Bertz CT molecular complexity index is 862. The molecule has 0 spiro atoms. The van der Waals surface area contributed by atoms with Crippen LogP contribution in [-0.4, -0.2) is 42.7 Å². The van der Waals surface area contributed by atoms with E-state index in [2.05, 4.69) is 41.3 Å². The molecule has 4 bridgehead atoms. The third kappa shape index (κ3) is 4.46. The first-order valence-corrected chi connectivity index (χ1v) is 10.0. The Kier molecular flexibility index (Phi) is 5.52. The van der Waals surface area contributed by atoms with E-state index in [0.717, 1.165) is 4.47 Å². The molecule has 0 amide bonds. The molecule has 1 atom stereocenters. The van der Waals surface area contributed by atoms with E-state index < -0.39 is 16.1 Å². The van der Waals surface area contributed by atoms with Crippen LogP contribution in [0.4, 0.5) is 17.5 Å². The fourth-order valence-corrected chi connectivity index (χ4v) is 4.09. The van der Waals surface area contributed by atoms with Gasteiger partial charge in [-0.15, -0.1) is 0 Å². The minimum absolute atomic E-state index is 0.114. The number of aromatic nitrogens is 2. The van der Waals surface area contributed by atoms with Crippen molar-refractivity contribution in [2.24, 2.45) is 0 Å². The zero-order valence-electron chi connectivity index (χ0n) is 13.2. The Labute approximate surface area is 154 Å². The molecule has 134 valence electrons. The summed E-state index contributed by atoms with van der Waals surface area (Å²) in [5, 5.41) is 15.7. The van der Waals surface area contributed by atoms with E-state index in [4.69, 9.17) is 0 Å². The van der Waals surface area contributed by atoms with Gasteiger partial charge in [-0.3, -0.25) is 0 Å². The summed E-state index contributed by atoms with van der Waals surface area (Å²) in [6.07, 6.45) is 2.78. The topological polar surface area (TPSA) is 116 Å². The second-order valence-electron chi connectivity index (χ2n) is 5.61. The van der Waals surface area contributed by atoms with Crippen LogP contribution >= 0.6 is 15.9 Å². The van der Waals surface area contributed by atoms with E-state index in [9.17, 15) is 13.5 Å². The molecule has 10 heteroatoms. The van der Waals surface area contributed by atoms with Crippen molar-refractivity contribution in [1.29, 1.82) is 0 Å². The van der Waals surface area contributed by atoms with Crippen molar-refractivity contribution in [2.75, 3.05) is 23.8 Å². The Morgan fingerprint density at radius 2 is 2.20 bits per heavy atom. The largest absolute Gasteiger partial charge is 0.395 e. The summed E-state index contributed by atoms with van der Waals surface area (Å²) in [5.74, 6) is 1.00.